The zero-order valence-corrected chi connectivity index (χ0v) is 17.9. The van der Waals surface area contributed by atoms with Crippen LogP contribution in [0.15, 0.2) is 36.4 Å². The molecule has 1 aliphatic rings. The Hall–Kier alpha value is -2.24. The van der Waals surface area contributed by atoms with Gasteiger partial charge in [-0.25, -0.2) is 4.39 Å². The third-order valence-corrected chi connectivity index (χ3v) is 5.16. The zero-order valence-electron chi connectivity index (χ0n) is 17.2. The Balaban J connectivity index is 2.03. The molecule has 0 radical (unpaired) electrons. The molecule has 0 amide bonds. The first-order valence-electron chi connectivity index (χ1n) is 9.89. The quantitative estimate of drug-likeness (QED) is 0.572. The fourth-order valence-electron chi connectivity index (χ4n) is 3.46. The minimum absolute atomic E-state index is 0.0325. The number of alkyl halides is 1. The summed E-state index contributed by atoms with van der Waals surface area (Å²) in [6, 6.07) is 11.0. The number of halogens is 2. The highest BCUT2D eigenvalue weighted by Gasteiger charge is 2.27. The van der Waals surface area contributed by atoms with Crippen LogP contribution in [0.4, 0.5) is 10.1 Å². The second-order valence-electron chi connectivity index (χ2n) is 7.16. The van der Waals surface area contributed by atoms with Crippen LogP contribution in [-0.2, 0) is 0 Å². The number of fused-ring (bicyclic) bond motifs is 1. The molecule has 4 nitrogen and oxygen atoms in total. The van der Waals surface area contributed by atoms with Gasteiger partial charge in [-0.2, -0.15) is 0 Å². The summed E-state index contributed by atoms with van der Waals surface area (Å²) >= 11 is 5.92. The van der Waals surface area contributed by atoms with E-state index in [1.165, 1.54) is 6.07 Å². The van der Waals surface area contributed by atoms with Crippen LogP contribution in [0.3, 0.4) is 0 Å². The number of methoxy groups -OCH3 is 1. The Morgan fingerprint density at radius 2 is 1.93 bits per heavy atom. The van der Waals surface area contributed by atoms with Gasteiger partial charge in [-0.15, -0.1) is 11.6 Å². The first-order valence-corrected chi connectivity index (χ1v) is 10.4. The van der Waals surface area contributed by atoms with Crippen LogP contribution in [0.2, 0.25) is 0 Å². The molecule has 1 atom stereocenters. The van der Waals surface area contributed by atoms with Crippen LogP contribution in [0, 0.1) is 5.82 Å². The number of likely N-dealkylation sites (N-methyl/N-ethyl adjacent to an activating group) is 1. The van der Waals surface area contributed by atoms with Gasteiger partial charge in [0.05, 0.1) is 25.4 Å². The van der Waals surface area contributed by atoms with E-state index in [9.17, 15) is 4.39 Å². The number of ether oxygens (including phenoxy) is 2. The van der Waals surface area contributed by atoms with Gasteiger partial charge >= 0.3 is 0 Å². The number of rotatable bonds is 9. The van der Waals surface area contributed by atoms with Crippen LogP contribution in [-0.4, -0.2) is 50.7 Å². The highest BCUT2D eigenvalue weighted by atomic mass is 35.5. The van der Waals surface area contributed by atoms with Gasteiger partial charge < -0.3 is 19.7 Å². The van der Waals surface area contributed by atoms with Gasteiger partial charge in [0.15, 0.2) is 0 Å². The van der Waals surface area contributed by atoms with E-state index in [0.717, 1.165) is 36.4 Å². The molecule has 1 N–H and O–H groups in total. The number of anilines is 1. The summed E-state index contributed by atoms with van der Waals surface area (Å²) in [4.78, 5) is 2.17. The van der Waals surface area contributed by atoms with Crippen LogP contribution in [0.1, 0.15) is 24.5 Å². The number of hydrogen-bond donors (Lipinski definition) is 1. The molecule has 1 heterocycles. The van der Waals surface area contributed by atoms with Crippen molar-refractivity contribution in [2.75, 3.05) is 45.1 Å². The topological polar surface area (TPSA) is 33.7 Å². The lowest BCUT2D eigenvalue weighted by Crippen LogP contribution is -2.38. The molecule has 0 aliphatic carbocycles. The number of nitrogens with zero attached hydrogens (tertiary/aromatic N) is 1. The third-order valence-electron chi connectivity index (χ3n) is 4.99. The lowest BCUT2D eigenvalue weighted by Gasteiger charge is -2.33. The van der Waals surface area contributed by atoms with Gasteiger partial charge in [-0.1, -0.05) is 19.1 Å². The van der Waals surface area contributed by atoms with Gasteiger partial charge in [-0.3, -0.25) is 0 Å². The largest absolute Gasteiger partial charge is 0.497 e. The number of hydrogen-bond acceptors (Lipinski definition) is 4. The molecule has 6 heteroatoms. The Morgan fingerprint density at radius 3 is 2.59 bits per heavy atom. The van der Waals surface area contributed by atoms with Gasteiger partial charge in [0, 0.05) is 24.5 Å². The molecule has 0 spiro atoms. The van der Waals surface area contributed by atoms with Crippen molar-refractivity contribution < 1.29 is 13.9 Å². The van der Waals surface area contributed by atoms with Crippen molar-refractivity contribution in [1.82, 2.24) is 4.90 Å². The number of benzene rings is 2. The van der Waals surface area contributed by atoms with E-state index >= 15 is 0 Å². The van der Waals surface area contributed by atoms with Crippen LogP contribution in [0.25, 0.3) is 11.6 Å². The normalized spacial score (nSPS) is 15.5. The molecule has 2 aromatic carbocycles. The molecule has 0 saturated heterocycles. The lowest BCUT2D eigenvalue weighted by atomic mass is 9.91. The maximum Gasteiger partial charge on any atom is 0.143 e. The van der Waals surface area contributed by atoms with Gasteiger partial charge in [0.25, 0.3) is 0 Å². The van der Waals surface area contributed by atoms with Gasteiger partial charge in [-0.05, 0) is 54.9 Å². The third kappa shape index (κ3) is 5.03. The Kier molecular flexibility index (Phi) is 7.40. The van der Waals surface area contributed by atoms with E-state index in [4.69, 9.17) is 21.1 Å². The highest BCUT2D eigenvalue weighted by molar-refractivity contribution is 6.18. The van der Waals surface area contributed by atoms with Gasteiger partial charge in [0.1, 0.15) is 17.3 Å². The summed E-state index contributed by atoms with van der Waals surface area (Å²) < 4.78 is 25.8. The minimum atomic E-state index is -0.269. The highest BCUT2D eigenvalue weighted by Crippen LogP contribution is 2.40. The number of nitrogens with one attached hydrogen (secondary N) is 1. The maximum atomic E-state index is 14.7. The van der Waals surface area contributed by atoms with Crippen molar-refractivity contribution in [2.24, 2.45) is 0 Å². The summed E-state index contributed by atoms with van der Waals surface area (Å²) in [5, 5.41) is 3.53. The lowest BCUT2D eigenvalue weighted by molar-refractivity contribution is 0.317. The summed E-state index contributed by atoms with van der Waals surface area (Å²) in [5.74, 6) is 1.75. The molecular weight excluding hydrogens is 391 g/mol. The second kappa shape index (κ2) is 9.99. The molecular formula is C23H28ClFN2O2. The minimum Gasteiger partial charge on any atom is -0.497 e. The average molecular weight is 419 g/mol. The molecule has 0 aromatic heterocycles. The predicted octanol–water partition coefficient (Wildman–Crippen LogP) is 5.13. The van der Waals surface area contributed by atoms with Crippen molar-refractivity contribution in [3.63, 3.8) is 0 Å². The van der Waals surface area contributed by atoms with Crippen LogP contribution >= 0.6 is 11.6 Å². The standard InChI is InChI=1S/C23H28ClFN2O2/c1-4-13-29-22-10-9-20(25)19-14-18(16-5-7-17(28-3)8-6-16)21(26-23(19)22)15-27(2)12-11-24/h5-10,14,21,26H,4,11-13,15H2,1-3H3. The maximum absolute atomic E-state index is 14.7. The van der Waals surface area contributed by atoms with Crippen molar-refractivity contribution in [2.45, 2.75) is 19.4 Å². The summed E-state index contributed by atoms with van der Waals surface area (Å²) in [6.45, 7) is 4.14. The van der Waals surface area contributed by atoms with Crippen molar-refractivity contribution in [3.05, 3.63) is 53.3 Å². The Labute approximate surface area is 177 Å². The summed E-state index contributed by atoms with van der Waals surface area (Å²) in [7, 11) is 3.68. The first kappa shape index (κ1) is 21.5. The SMILES string of the molecule is CCCOc1ccc(F)c2c1NC(CN(C)CCCl)C(c1ccc(OC)cc1)=C2. The molecule has 2 aromatic rings. The predicted molar refractivity (Wildman–Crippen MR) is 119 cm³/mol. The van der Waals surface area contributed by atoms with Crippen molar-refractivity contribution in [3.8, 4) is 11.5 Å². The van der Waals surface area contributed by atoms with E-state index in [1.807, 2.05) is 37.4 Å². The first-order chi connectivity index (χ1) is 14.1. The molecule has 1 aliphatic heterocycles. The molecule has 156 valence electrons. The van der Waals surface area contributed by atoms with E-state index in [1.54, 1.807) is 13.2 Å². The van der Waals surface area contributed by atoms with Crippen LogP contribution < -0.4 is 14.8 Å². The molecule has 0 bridgehead atoms. The smallest absolute Gasteiger partial charge is 0.143 e. The van der Waals surface area contributed by atoms with Crippen LogP contribution in [0.5, 0.6) is 11.5 Å². The molecule has 1 unspecified atom stereocenters. The van der Waals surface area contributed by atoms with E-state index in [0.29, 0.717) is 29.5 Å². The summed E-state index contributed by atoms with van der Waals surface area (Å²) in [6.07, 6.45) is 2.82. The Bertz CT molecular complexity index is 855. The van der Waals surface area contributed by atoms with E-state index in [-0.39, 0.29) is 11.9 Å². The van der Waals surface area contributed by atoms with Crippen molar-refractivity contribution in [1.29, 1.82) is 0 Å². The van der Waals surface area contributed by atoms with Crippen molar-refractivity contribution >= 4 is 28.9 Å². The van der Waals surface area contributed by atoms with E-state index in [2.05, 4.69) is 17.1 Å². The molecule has 0 saturated carbocycles. The molecule has 0 fully saturated rings. The van der Waals surface area contributed by atoms with E-state index < -0.39 is 0 Å². The van der Waals surface area contributed by atoms with Gasteiger partial charge in [0.2, 0.25) is 0 Å². The molecule has 3 rings (SSSR count). The summed E-state index contributed by atoms with van der Waals surface area (Å²) in [5.41, 5.74) is 3.28. The molecule has 29 heavy (non-hydrogen) atoms. The Morgan fingerprint density at radius 1 is 1.17 bits per heavy atom. The second-order valence-corrected chi connectivity index (χ2v) is 7.54. The monoisotopic (exact) mass is 418 g/mol. The fraction of sp³-hybridized carbons (Fsp3) is 0.391. The average Bonchev–Trinajstić information content (AvgIpc) is 2.73. The fourth-order valence-corrected chi connectivity index (χ4v) is 3.75. The zero-order chi connectivity index (χ0) is 20.8.